The fourth-order valence-electron chi connectivity index (χ4n) is 1.16. The lowest BCUT2D eigenvalue weighted by Crippen LogP contribution is -2.43. The highest BCUT2D eigenvalue weighted by Gasteiger charge is 2.09. The largest absolute Gasteiger partial charge is 0.392 e. The van der Waals surface area contributed by atoms with Crippen LogP contribution >= 0.6 is 0 Å². The molecule has 73 valence electrons. The third-order valence-corrected chi connectivity index (χ3v) is 1.94. The first-order valence-corrected chi connectivity index (χ1v) is 4.63. The Labute approximate surface area is 75.8 Å². The Morgan fingerprint density at radius 2 is 1.83 bits per heavy atom. The zero-order chi connectivity index (χ0) is 9.56. The van der Waals surface area contributed by atoms with E-state index in [1.807, 2.05) is 0 Å². The van der Waals surface area contributed by atoms with E-state index in [1.165, 1.54) is 0 Å². The molecule has 3 heteroatoms. The highest BCUT2D eigenvalue weighted by Crippen LogP contribution is 1.95. The predicted molar refractivity (Wildman–Crippen MR) is 51.5 cm³/mol. The van der Waals surface area contributed by atoms with Gasteiger partial charge in [0.2, 0.25) is 0 Å². The summed E-state index contributed by atoms with van der Waals surface area (Å²) in [5.41, 5.74) is 0. The Bertz CT molecular complexity index is 103. The molecule has 2 unspecified atom stereocenters. The maximum absolute atomic E-state index is 8.99. The maximum Gasteiger partial charge on any atom is 0.0681 e. The highest BCUT2D eigenvalue weighted by atomic mass is 16.3. The summed E-state index contributed by atoms with van der Waals surface area (Å²) in [7, 11) is 0. The summed E-state index contributed by atoms with van der Waals surface area (Å²) in [6.07, 6.45) is -0.0855. The summed E-state index contributed by atoms with van der Waals surface area (Å²) in [6.45, 7) is 11.8. The second kappa shape index (κ2) is 6.40. The van der Waals surface area contributed by atoms with Crippen molar-refractivity contribution in [2.24, 2.45) is 0 Å². The Kier molecular flexibility index (Phi) is 6.34. The number of nitrogens with one attached hydrogen (secondary N) is 1. The molecule has 0 heterocycles. The molecule has 0 saturated carbocycles. The maximum atomic E-state index is 8.99. The van der Waals surface area contributed by atoms with Gasteiger partial charge < -0.3 is 5.11 Å². The topological polar surface area (TPSA) is 35.5 Å². The normalized spacial score (nSPS) is 16.5. The number of hydrogen-bond acceptors (Lipinski definition) is 3. The van der Waals surface area contributed by atoms with Gasteiger partial charge in [-0.15, -0.1) is 0 Å². The van der Waals surface area contributed by atoms with Gasteiger partial charge in [0.1, 0.15) is 0 Å². The van der Waals surface area contributed by atoms with Gasteiger partial charge in [0.05, 0.1) is 18.8 Å². The molecule has 0 spiro atoms. The van der Waals surface area contributed by atoms with E-state index >= 15 is 0 Å². The molecule has 0 aromatic heterocycles. The molecule has 0 bridgehead atoms. The fourth-order valence-corrected chi connectivity index (χ4v) is 1.16. The van der Waals surface area contributed by atoms with E-state index in [4.69, 9.17) is 5.11 Å². The second-order valence-electron chi connectivity index (χ2n) is 2.97. The molecule has 3 nitrogen and oxygen atoms in total. The van der Waals surface area contributed by atoms with Crippen molar-refractivity contribution in [2.75, 3.05) is 13.1 Å². The molecule has 0 aliphatic rings. The van der Waals surface area contributed by atoms with Crippen molar-refractivity contribution >= 4 is 0 Å². The van der Waals surface area contributed by atoms with Crippen LogP contribution in [0.15, 0.2) is 0 Å². The molecule has 0 aliphatic carbocycles. The molecule has 0 amide bonds. The standard InChI is InChI=1S/C9H21N2O/c1-5-11(6-2)9(4)10-7-8(3)12/h7-10,12H,5-6H2,1-4H3. The van der Waals surface area contributed by atoms with Crippen molar-refractivity contribution in [3.05, 3.63) is 6.54 Å². The van der Waals surface area contributed by atoms with Crippen LogP contribution in [0.3, 0.4) is 0 Å². The van der Waals surface area contributed by atoms with Crippen LogP contribution in [0.4, 0.5) is 0 Å². The molecular formula is C9H21N2O. The summed E-state index contributed by atoms with van der Waals surface area (Å²) in [6, 6.07) is 0. The molecule has 0 aromatic carbocycles. The van der Waals surface area contributed by atoms with E-state index < -0.39 is 0 Å². The third kappa shape index (κ3) is 4.70. The molecule has 0 aromatic rings. The number of aliphatic hydroxyl groups is 1. The molecule has 2 N–H and O–H groups in total. The Hall–Kier alpha value is -0.120. The van der Waals surface area contributed by atoms with Gasteiger partial charge in [0.15, 0.2) is 0 Å². The molecule has 0 rings (SSSR count). The summed E-state index contributed by atoms with van der Waals surface area (Å²) in [5.74, 6) is 0. The lowest BCUT2D eigenvalue weighted by Gasteiger charge is -2.27. The number of nitrogens with zero attached hydrogens (tertiary/aromatic N) is 1. The highest BCUT2D eigenvalue weighted by molar-refractivity contribution is 4.73. The van der Waals surface area contributed by atoms with Crippen molar-refractivity contribution in [3.8, 4) is 0 Å². The molecular weight excluding hydrogens is 152 g/mol. The zero-order valence-electron chi connectivity index (χ0n) is 8.54. The number of rotatable bonds is 6. The van der Waals surface area contributed by atoms with Gasteiger partial charge in [-0.1, -0.05) is 13.8 Å². The van der Waals surface area contributed by atoms with Gasteiger partial charge in [0, 0.05) is 0 Å². The lowest BCUT2D eigenvalue weighted by molar-refractivity contribution is 0.172. The fraction of sp³-hybridized carbons (Fsp3) is 0.889. The van der Waals surface area contributed by atoms with E-state index in [0.717, 1.165) is 13.1 Å². The Morgan fingerprint density at radius 1 is 1.33 bits per heavy atom. The van der Waals surface area contributed by atoms with Crippen molar-refractivity contribution in [1.29, 1.82) is 0 Å². The van der Waals surface area contributed by atoms with Crippen LogP contribution in [0.1, 0.15) is 27.7 Å². The Balaban J connectivity index is 3.61. The summed E-state index contributed by atoms with van der Waals surface area (Å²) >= 11 is 0. The first-order valence-electron chi connectivity index (χ1n) is 4.63. The van der Waals surface area contributed by atoms with Crippen LogP contribution < -0.4 is 5.32 Å². The van der Waals surface area contributed by atoms with Crippen LogP contribution in [0, 0.1) is 6.54 Å². The molecule has 0 aliphatic heterocycles. The van der Waals surface area contributed by atoms with Crippen molar-refractivity contribution < 1.29 is 5.11 Å². The van der Waals surface area contributed by atoms with Crippen LogP contribution in [0.25, 0.3) is 0 Å². The Morgan fingerprint density at radius 3 is 2.17 bits per heavy atom. The lowest BCUT2D eigenvalue weighted by atomic mass is 10.3. The predicted octanol–water partition coefficient (Wildman–Crippen LogP) is 0.806. The molecule has 12 heavy (non-hydrogen) atoms. The zero-order valence-corrected chi connectivity index (χ0v) is 8.54. The summed E-state index contributed by atoms with van der Waals surface area (Å²) in [4.78, 5) is 2.28. The van der Waals surface area contributed by atoms with Gasteiger partial charge in [-0.2, -0.15) is 0 Å². The first-order chi connectivity index (χ1) is 5.61. The van der Waals surface area contributed by atoms with Gasteiger partial charge in [0.25, 0.3) is 0 Å². The van der Waals surface area contributed by atoms with Crippen LogP contribution in [0.5, 0.6) is 0 Å². The van der Waals surface area contributed by atoms with Gasteiger partial charge >= 0.3 is 0 Å². The van der Waals surface area contributed by atoms with Gasteiger partial charge in [-0.25, -0.2) is 0 Å². The summed E-state index contributed by atoms with van der Waals surface area (Å²) < 4.78 is 0. The van der Waals surface area contributed by atoms with Crippen LogP contribution in [-0.4, -0.2) is 35.4 Å². The number of hydrogen-bond donors (Lipinski definition) is 2. The minimum Gasteiger partial charge on any atom is -0.392 e. The van der Waals surface area contributed by atoms with E-state index in [0.29, 0.717) is 6.17 Å². The summed E-state index contributed by atoms with van der Waals surface area (Å²) in [5, 5.41) is 12.1. The number of aliphatic hydroxyl groups excluding tert-OH is 1. The molecule has 1 radical (unpaired) electrons. The van der Waals surface area contributed by atoms with Crippen LogP contribution in [-0.2, 0) is 0 Å². The monoisotopic (exact) mass is 173 g/mol. The third-order valence-electron chi connectivity index (χ3n) is 1.94. The van der Waals surface area contributed by atoms with Crippen molar-refractivity contribution in [2.45, 2.75) is 40.0 Å². The molecule has 2 atom stereocenters. The van der Waals surface area contributed by atoms with Crippen molar-refractivity contribution in [3.63, 3.8) is 0 Å². The van der Waals surface area contributed by atoms with Crippen molar-refractivity contribution in [1.82, 2.24) is 10.2 Å². The molecule has 0 fully saturated rings. The van der Waals surface area contributed by atoms with Crippen LogP contribution in [0.2, 0.25) is 0 Å². The minimum absolute atomic E-state index is 0.301. The van der Waals surface area contributed by atoms with E-state index in [9.17, 15) is 0 Å². The van der Waals surface area contributed by atoms with Gasteiger partial charge in [-0.3, -0.25) is 10.2 Å². The second-order valence-corrected chi connectivity index (χ2v) is 2.97. The minimum atomic E-state index is -0.386. The average molecular weight is 173 g/mol. The smallest absolute Gasteiger partial charge is 0.0681 e. The first kappa shape index (κ1) is 11.9. The molecule has 0 saturated heterocycles. The van der Waals surface area contributed by atoms with Gasteiger partial charge in [-0.05, 0) is 26.9 Å². The SMILES string of the molecule is CCN(CC)C(C)N[CH]C(C)O. The van der Waals surface area contributed by atoms with E-state index in [-0.39, 0.29) is 6.10 Å². The van der Waals surface area contributed by atoms with E-state index in [2.05, 4.69) is 31.0 Å². The van der Waals surface area contributed by atoms with E-state index in [1.54, 1.807) is 13.5 Å². The average Bonchev–Trinajstić information content (AvgIpc) is 2.03. The quantitative estimate of drug-likeness (QED) is 0.583.